The summed E-state index contributed by atoms with van der Waals surface area (Å²) in [7, 11) is 1.62. The van der Waals surface area contributed by atoms with E-state index >= 15 is 0 Å². The molecule has 2 aromatic heterocycles. The lowest BCUT2D eigenvalue weighted by Gasteiger charge is -2.07. The molecular formula is C17H17N3O3. The molecule has 0 saturated heterocycles. The molecule has 23 heavy (non-hydrogen) atoms. The quantitative estimate of drug-likeness (QED) is 0.752. The van der Waals surface area contributed by atoms with Gasteiger partial charge in [0.1, 0.15) is 11.6 Å². The highest BCUT2D eigenvalue weighted by molar-refractivity contribution is 5.73. The third kappa shape index (κ3) is 3.32. The largest absolute Gasteiger partial charge is 0.508 e. The van der Waals surface area contributed by atoms with Gasteiger partial charge in [-0.2, -0.15) is 0 Å². The average molecular weight is 311 g/mol. The molecule has 0 radical (unpaired) electrons. The first kappa shape index (κ1) is 15.1. The minimum Gasteiger partial charge on any atom is -0.508 e. The van der Waals surface area contributed by atoms with E-state index in [-0.39, 0.29) is 5.75 Å². The van der Waals surface area contributed by atoms with Crippen LogP contribution in [-0.2, 0) is 17.8 Å². The average Bonchev–Trinajstić information content (AvgIpc) is 2.98. The number of phenols is 1. The van der Waals surface area contributed by atoms with Crippen molar-refractivity contribution in [2.75, 3.05) is 12.8 Å². The highest BCUT2D eigenvalue weighted by Gasteiger charge is 2.15. The minimum atomic E-state index is 0.238. The summed E-state index contributed by atoms with van der Waals surface area (Å²) < 4.78 is 10.6. The van der Waals surface area contributed by atoms with Crippen LogP contribution < -0.4 is 5.73 Å². The number of nitrogen functional groups attached to an aromatic ring is 1. The van der Waals surface area contributed by atoms with Crippen LogP contribution in [0.2, 0.25) is 0 Å². The molecule has 0 aliphatic heterocycles. The zero-order valence-corrected chi connectivity index (χ0v) is 12.7. The van der Waals surface area contributed by atoms with Crippen molar-refractivity contribution in [3.63, 3.8) is 0 Å². The van der Waals surface area contributed by atoms with Crippen molar-refractivity contribution in [3.05, 3.63) is 59.4 Å². The Labute approximate surface area is 133 Å². The number of methoxy groups -OCH3 is 1. The number of benzene rings is 1. The molecule has 2 heterocycles. The van der Waals surface area contributed by atoms with Crippen LogP contribution in [0, 0.1) is 0 Å². The van der Waals surface area contributed by atoms with E-state index in [0.717, 1.165) is 16.8 Å². The van der Waals surface area contributed by atoms with E-state index < -0.39 is 0 Å². The molecule has 0 fully saturated rings. The van der Waals surface area contributed by atoms with E-state index in [1.807, 2.05) is 24.3 Å². The summed E-state index contributed by atoms with van der Waals surface area (Å²) in [6.45, 7) is 0.413. The lowest BCUT2D eigenvalue weighted by atomic mass is 10.1. The summed E-state index contributed by atoms with van der Waals surface area (Å²) in [5.74, 6) is 1.19. The molecule has 3 aromatic rings. The Morgan fingerprint density at radius 1 is 1.22 bits per heavy atom. The van der Waals surface area contributed by atoms with E-state index in [9.17, 15) is 5.11 Å². The zero-order chi connectivity index (χ0) is 16.2. The number of hydrogen-bond acceptors (Lipinski definition) is 6. The van der Waals surface area contributed by atoms with Gasteiger partial charge in [-0.05, 0) is 29.3 Å². The molecule has 0 atom stereocenters. The normalized spacial score (nSPS) is 10.8. The predicted octanol–water partition coefficient (Wildman–Crippen LogP) is 2.76. The number of nitrogens with two attached hydrogens (primary N) is 1. The van der Waals surface area contributed by atoms with Gasteiger partial charge in [-0.1, -0.05) is 17.3 Å². The van der Waals surface area contributed by atoms with Gasteiger partial charge in [0.2, 0.25) is 0 Å². The van der Waals surface area contributed by atoms with Gasteiger partial charge in [0.25, 0.3) is 0 Å². The van der Waals surface area contributed by atoms with Crippen LogP contribution in [0.15, 0.2) is 47.1 Å². The molecule has 0 aliphatic carbocycles. The van der Waals surface area contributed by atoms with Gasteiger partial charge in [0.05, 0.1) is 17.9 Å². The number of aromatic nitrogens is 2. The van der Waals surface area contributed by atoms with E-state index in [2.05, 4.69) is 10.1 Å². The van der Waals surface area contributed by atoms with Gasteiger partial charge in [-0.15, -0.1) is 0 Å². The topological polar surface area (TPSA) is 94.4 Å². The lowest BCUT2D eigenvalue weighted by Crippen LogP contribution is -1.99. The standard InChI is InChI=1S/C17H17N3O3/c1-22-10-12-6-7-19-17(18)16(12)15-9-13(20-23-15)8-11-2-4-14(21)5-3-11/h2-7,9,21H,8,10H2,1H3,(H2,18,19). The van der Waals surface area contributed by atoms with Crippen molar-refractivity contribution in [1.82, 2.24) is 10.1 Å². The maximum Gasteiger partial charge on any atom is 0.171 e. The third-order valence-electron chi connectivity index (χ3n) is 3.49. The highest BCUT2D eigenvalue weighted by atomic mass is 16.5. The van der Waals surface area contributed by atoms with E-state index in [1.54, 1.807) is 25.4 Å². The highest BCUT2D eigenvalue weighted by Crippen LogP contribution is 2.30. The molecule has 6 heteroatoms. The number of pyridine rings is 1. The van der Waals surface area contributed by atoms with Crippen molar-refractivity contribution in [2.24, 2.45) is 0 Å². The number of ether oxygens (including phenoxy) is 1. The fourth-order valence-corrected chi connectivity index (χ4v) is 2.42. The number of rotatable bonds is 5. The van der Waals surface area contributed by atoms with Crippen molar-refractivity contribution < 1.29 is 14.4 Å². The summed E-state index contributed by atoms with van der Waals surface area (Å²) in [5, 5.41) is 13.4. The molecule has 0 saturated carbocycles. The van der Waals surface area contributed by atoms with Crippen LogP contribution in [0.1, 0.15) is 16.8 Å². The molecule has 0 amide bonds. The van der Waals surface area contributed by atoms with Crippen LogP contribution in [0.25, 0.3) is 11.3 Å². The van der Waals surface area contributed by atoms with Crippen LogP contribution in [0.3, 0.4) is 0 Å². The number of hydrogen-bond donors (Lipinski definition) is 2. The molecule has 3 N–H and O–H groups in total. The number of anilines is 1. The Morgan fingerprint density at radius 3 is 2.74 bits per heavy atom. The molecule has 0 spiro atoms. The SMILES string of the molecule is COCc1ccnc(N)c1-c1cc(Cc2ccc(O)cc2)no1. The molecule has 6 nitrogen and oxygen atoms in total. The van der Waals surface area contributed by atoms with Gasteiger partial charge < -0.3 is 20.1 Å². The molecule has 3 rings (SSSR count). The number of aromatic hydroxyl groups is 1. The number of phenolic OH excluding ortho intramolecular Hbond substituents is 1. The summed E-state index contributed by atoms with van der Waals surface area (Å²) >= 11 is 0. The molecule has 0 unspecified atom stereocenters. The van der Waals surface area contributed by atoms with E-state index in [4.69, 9.17) is 15.0 Å². The molecule has 118 valence electrons. The Balaban J connectivity index is 1.89. The van der Waals surface area contributed by atoms with Gasteiger partial charge in [-0.3, -0.25) is 0 Å². The Kier molecular flexibility index (Phi) is 4.25. The number of nitrogens with zero attached hydrogens (tertiary/aromatic N) is 2. The fraction of sp³-hybridized carbons (Fsp3) is 0.176. The second-order valence-electron chi connectivity index (χ2n) is 5.19. The molecule has 0 bridgehead atoms. The van der Waals surface area contributed by atoms with Crippen LogP contribution in [0.4, 0.5) is 5.82 Å². The first-order valence-corrected chi connectivity index (χ1v) is 7.13. The van der Waals surface area contributed by atoms with Crippen molar-refractivity contribution in [3.8, 4) is 17.1 Å². The van der Waals surface area contributed by atoms with Gasteiger partial charge >= 0.3 is 0 Å². The van der Waals surface area contributed by atoms with Crippen LogP contribution >= 0.6 is 0 Å². The first-order valence-electron chi connectivity index (χ1n) is 7.13. The van der Waals surface area contributed by atoms with Crippen LogP contribution in [-0.4, -0.2) is 22.4 Å². The second kappa shape index (κ2) is 6.50. The van der Waals surface area contributed by atoms with Gasteiger partial charge in [0, 0.05) is 25.8 Å². The summed E-state index contributed by atoms with van der Waals surface area (Å²) in [5.41, 5.74) is 9.38. The molecule has 0 aliphatic rings. The Bertz CT molecular complexity index is 797. The van der Waals surface area contributed by atoms with Crippen LogP contribution in [0.5, 0.6) is 5.75 Å². The smallest absolute Gasteiger partial charge is 0.171 e. The maximum absolute atomic E-state index is 9.32. The lowest BCUT2D eigenvalue weighted by molar-refractivity contribution is 0.185. The molecular weight excluding hydrogens is 294 g/mol. The summed E-state index contributed by atoms with van der Waals surface area (Å²) in [4.78, 5) is 4.11. The maximum atomic E-state index is 9.32. The van der Waals surface area contributed by atoms with Crippen molar-refractivity contribution in [1.29, 1.82) is 0 Å². The van der Waals surface area contributed by atoms with Gasteiger partial charge in [-0.25, -0.2) is 4.98 Å². The summed E-state index contributed by atoms with van der Waals surface area (Å²) in [6.07, 6.45) is 2.24. The third-order valence-corrected chi connectivity index (χ3v) is 3.49. The van der Waals surface area contributed by atoms with E-state index in [1.165, 1.54) is 0 Å². The fourth-order valence-electron chi connectivity index (χ4n) is 2.42. The van der Waals surface area contributed by atoms with E-state index in [0.29, 0.717) is 30.2 Å². The second-order valence-corrected chi connectivity index (χ2v) is 5.19. The Hall–Kier alpha value is -2.86. The van der Waals surface area contributed by atoms with Crippen molar-refractivity contribution >= 4 is 5.82 Å². The first-order chi connectivity index (χ1) is 11.2. The monoisotopic (exact) mass is 311 g/mol. The zero-order valence-electron chi connectivity index (χ0n) is 12.7. The Morgan fingerprint density at radius 2 is 2.00 bits per heavy atom. The predicted molar refractivity (Wildman–Crippen MR) is 85.8 cm³/mol. The summed E-state index contributed by atoms with van der Waals surface area (Å²) in [6, 6.07) is 10.7. The van der Waals surface area contributed by atoms with Crippen molar-refractivity contribution in [2.45, 2.75) is 13.0 Å². The minimum absolute atomic E-state index is 0.238. The van der Waals surface area contributed by atoms with Gasteiger partial charge in [0.15, 0.2) is 5.76 Å². The molecule has 1 aromatic carbocycles.